The molecule has 2 rings (SSSR count). The Hall–Kier alpha value is -2.62. The van der Waals surface area contributed by atoms with Crippen molar-refractivity contribution in [3.8, 4) is 0 Å². The number of nitrogens with zero attached hydrogens (tertiary/aromatic N) is 3. The van der Waals surface area contributed by atoms with Gasteiger partial charge in [0, 0.05) is 13.0 Å². The van der Waals surface area contributed by atoms with Gasteiger partial charge in [-0.05, 0) is 20.8 Å². The number of carbonyl (C=O) groups is 1. The fraction of sp³-hybridized carbons (Fsp3) is 0.571. The molecule has 0 radical (unpaired) electrons. The molecule has 2 aromatic heterocycles. The van der Waals surface area contributed by atoms with Gasteiger partial charge in [0.2, 0.25) is 0 Å². The standard InChI is InChI=1S/C14H22N6O4/c1-14(2,3)24-13(22)16-5-7-23-6-4-9-19-11-10(17-8-18-11)12(21)20(9)15/h8H,4-7,15H2,1-3H3,(H,16,22)(H,17,18). The molecule has 24 heavy (non-hydrogen) atoms. The number of alkyl carbamates (subject to hydrolysis) is 1. The molecule has 0 bridgehead atoms. The summed E-state index contributed by atoms with van der Waals surface area (Å²) in [4.78, 5) is 34.2. The van der Waals surface area contributed by atoms with Crippen molar-refractivity contribution in [2.24, 2.45) is 0 Å². The van der Waals surface area contributed by atoms with Gasteiger partial charge in [-0.15, -0.1) is 0 Å². The van der Waals surface area contributed by atoms with Crippen LogP contribution in [0.25, 0.3) is 11.2 Å². The zero-order valence-electron chi connectivity index (χ0n) is 14.0. The van der Waals surface area contributed by atoms with Gasteiger partial charge in [-0.25, -0.2) is 19.4 Å². The summed E-state index contributed by atoms with van der Waals surface area (Å²) in [5.74, 6) is 6.09. The van der Waals surface area contributed by atoms with Crippen molar-refractivity contribution in [2.75, 3.05) is 25.6 Å². The first-order chi connectivity index (χ1) is 11.3. The summed E-state index contributed by atoms with van der Waals surface area (Å²) in [7, 11) is 0. The molecule has 2 heterocycles. The summed E-state index contributed by atoms with van der Waals surface area (Å²) in [6.07, 6.45) is 1.25. The molecule has 132 valence electrons. The van der Waals surface area contributed by atoms with E-state index in [1.807, 2.05) is 0 Å². The monoisotopic (exact) mass is 338 g/mol. The molecule has 0 aliphatic carbocycles. The van der Waals surface area contributed by atoms with Crippen molar-refractivity contribution in [3.63, 3.8) is 0 Å². The van der Waals surface area contributed by atoms with Crippen LogP contribution >= 0.6 is 0 Å². The second-order valence-electron chi connectivity index (χ2n) is 6.10. The van der Waals surface area contributed by atoms with Gasteiger partial charge in [0.1, 0.15) is 11.4 Å². The predicted octanol–water partition coefficient (Wildman–Crippen LogP) is -0.0828. The van der Waals surface area contributed by atoms with Crippen LogP contribution in [0.15, 0.2) is 11.1 Å². The first-order valence-electron chi connectivity index (χ1n) is 7.52. The van der Waals surface area contributed by atoms with Gasteiger partial charge in [0.15, 0.2) is 11.2 Å². The molecule has 0 atom stereocenters. The molecule has 0 aliphatic rings. The van der Waals surface area contributed by atoms with Crippen LogP contribution in [-0.4, -0.2) is 51.1 Å². The SMILES string of the molecule is CC(C)(C)OC(=O)NCCOCCc1nc2nc[nH]c2c(=O)n1N. The van der Waals surface area contributed by atoms with Crippen molar-refractivity contribution >= 4 is 17.3 Å². The van der Waals surface area contributed by atoms with Crippen LogP contribution in [0, 0.1) is 0 Å². The van der Waals surface area contributed by atoms with Crippen molar-refractivity contribution < 1.29 is 14.3 Å². The molecule has 0 saturated heterocycles. The van der Waals surface area contributed by atoms with Crippen LogP contribution in [0.5, 0.6) is 0 Å². The highest BCUT2D eigenvalue weighted by molar-refractivity contribution is 5.68. The Balaban J connectivity index is 1.74. The number of H-pyrrole nitrogens is 1. The van der Waals surface area contributed by atoms with E-state index in [9.17, 15) is 9.59 Å². The van der Waals surface area contributed by atoms with E-state index in [2.05, 4.69) is 20.3 Å². The third kappa shape index (κ3) is 4.69. The molecular weight excluding hydrogens is 316 g/mol. The molecular formula is C14H22N6O4. The van der Waals surface area contributed by atoms with Gasteiger partial charge in [-0.1, -0.05) is 0 Å². The lowest BCUT2D eigenvalue weighted by Gasteiger charge is -2.19. The number of nitrogen functional groups attached to an aromatic ring is 1. The van der Waals surface area contributed by atoms with E-state index in [1.165, 1.54) is 6.33 Å². The maximum absolute atomic E-state index is 12.0. The number of ether oxygens (including phenoxy) is 2. The summed E-state index contributed by atoms with van der Waals surface area (Å²) in [5, 5.41) is 2.58. The Kier molecular flexibility index (Phi) is 5.39. The molecule has 0 spiro atoms. The fourth-order valence-corrected chi connectivity index (χ4v) is 1.92. The lowest BCUT2D eigenvalue weighted by atomic mass is 10.2. The molecule has 0 aromatic carbocycles. The van der Waals surface area contributed by atoms with Crippen LogP contribution in [0.3, 0.4) is 0 Å². The number of nitrogens with two attached hydrogens (primary N) is 1. The van der Waals surface area contributed by atoms with Gasteiger partial charge in [0.25, 0.3) is 5.56 Å². The quantitative estimate of drug-likeness (QED) is 0.494. The minimum atomic E-state index is -0.535. The second kappa shape index (κ2) is 7.30. The van der Waals surface area contributed by atoms with Gasteiger partial charge in [-0.2, -0.15) is 0 Å². The number of rotatable bonds is 6. The Morgan fingerprint density at radius 1 is 1.42 bits per heavy atom. The average molecular weight is 338 g/mol. The molecule has 0 fully saturated rings. The minimum absolute atomic E-state index is 0.267. The molecule has 2 aromatic rings. The van der Waals surface area contributed by atoms with E-state index in [0.717, 1.165) is 4.68 Å². The summed E-state index contributed by atoms with van der Waals surface area (Å²) in [5.41, 5.74) is -0.335. The highest BCUT2D eigenvalue weighted by atomic mass is 16.6. The Labute approximate surface area is 138 Å². The number of carbonyl (C=O) groups excluding carboxylic acids is 1. The number of nitrogens with one attached hydrogen (secondary N) is 2. The summed E-state index contributed by atoms with van der Waals surface area (Å²) in [6.45, 7) is 6.29. The van der Waals surface area contributed by atoms with E-state index in [-0.39, 0.29) is 11.1 Å². The first-order valence-corrected chi connectivity index (χ1v) is 7.52. The maximum atomic E-state index is 12.0. The lowest BCUT2D eigenvalue weighted by molar-refractivity contribution is 0.0499. The van der Waals surface area contributed by atoms with Crippen molar-refractivity contribution in [1.29, 1.82) is 0 Å². The molecule has 0 unspecified atom stereocenters. The molecule has 4 N–H and O–H groups in total. The average Bonchev–Trinajstić information content (AvgIpc) is 2.94. The minimum Gasteiger partial charge on any atom is -0.444 e. The van der Waals surface area contributed by atoms with E-state index >= 15 is 0 Å². The Morgan fingerprint density at radius 3 is 2.88 bits per heavy atom. The third-order valence-electron chi connectivity index (χ3n) is 2.95. The van der Waals surface area contributed by atoms with Crippen LogP contribution in [0.1, 0.15) is 26.6 Å². The number of amides is 1. The van der Waals surface area contributed by atoms with Crippen LogP contribution < -0.4 is 16.7 Å². The number of fused-ring (bicyclic) bond motifs is 1. The van der Waals surface area contributed by atoms with Crippen molar-refractivity contribution in [1.82, 2.24) is 24.9 Å². The number of aromatic nitrogens is 4. The predicted molar refractivity (Wildman–Crippen MR) is 87.1 cm³/mol. The fourth-order valence-electron chi connectivity index (χ4n) is 1.92. The smallest absolute Gasteiger partial charge is 0.407 e. The topological polar surface area (TPSA) is 137 Å². The van der Waals surface area contributed by atoms with E-state index < -0.39 is 11.7 Å². The molecule has 10 nitrogen and oxygen atoms in total. The molecule has 0 aliphatic heterocycles. The van der Waals surface area contributed by atoms with Crippen LogP contribution in [0.4, 0.5) is 4.79 Å². The van der Waals surface area contributed by atoms with Gasteiger partial charge < -0.3 is 25.6 Å². The van der Waals surface area contributed by atoms with Gasteiger partial charge >= 0.3 is 6.09 Å². The summed E-state index contributed by atoms with van der Waals surface area (Å²) in [6, 6.07) is 0. The lowest BCUT2D eigenvalue weighted by Crippen LogP contribution is -2.34. The zero-order chi connectivity index (χ0) is 17.7. The second-order valence-corrected chi connectivity index (χ2v) is 6.10. The van der Waals surface area contributed by atoms with Crippen molar-refractivity contribution in [3.05, 3.63) is 22.5 Å². The number of imidazole rings is 1. The normalized spacial score (nSPS) is 11.6. The van der Waals surface area contributed by atoms with Crippen molar-refractivity contribution in [2.45, 2.75) is 32.8 Å². The summed E-state index contributed by atoms with van der Waals surface area (Å²) >= 11 is 0. The van der Waals surface area contributed by atoms with E-state index in [4.69, 9.17) is 15.3 Å². The van der Waals surface area contributed by atoms with E-state index in [1.54, 1.807) is 20.8 Å². The largest absolute Gasteiger partial charge is 0.444 e. The Bertz CT molecular complexity index is 761. The third-order valence-corrected chi connectivity index (χ3v) is 2.95. The number of aromatic amines is 1. The highest BCUT2D eigenvalue weighted by Crippen LogP contribution is 2.06. The zero-order valence-corrected chi connectivity index (χ0v) is 14.0. The number of hydrogen-bond acceptors (Lipinski definition) is 7. The highest BCUT2D eigenvalue weighted by Gasteiger charge is 2.15. The molecule has 1 amide bonds. The molecule has 10 heteroatoms. The maximum Gasteiger partial charge on any atom is 0.407 e. The Morgan fingerprint density at radius 2 is 2.17 bits per heavy atom. The molecule has 0 saturated carbocycles. The van der Waals surface area contributed by atoms with E-state index in [0.29, 0.717) is 37.7 Å². The number of hydrogen-bond donors (Lipinski definition) is 3. The first kappa shape index (κ1) is 17.7. The van der Waals surface area contributed by atoms with Crippen LogP contribution in [0.2, 0.25) is 0 Å². The van der Waals surface area contributed by atoms with Gasteiger partial charge in [-0.3, -0.25) is 4.79 Å². The van der Waals surface area contributed by atoms with Gasteiger partial charge in [0.05, 0.1) is 19.5 Å². The van der Waals surface area contributed by atoms with Crippen LogP contribution in [-0.2, 0) is 15.9 Å². The summed E-state index contributed by atoms with van der Waals surface area (Å²) < 4.78 is 11.5.